The number of rotatable bonds is 2. The normalized spacial score (nSPS) is 21.2. The van der Waals surface area contributed by atoms with Crippen molar-refractivity contribution >= 4 is 27.4 Å². The monoisotopic (exact) mass is 529 g/mol. The number of fused-ring (bicyclic) bond motifs is 9. The summed E-state index contributed by atoms with van der Waals surface area (Å²) in [5.41, 5.74) is 13.2. The first kappa shape index (κ1) is 23.2. The molecule has 1 aromatic heterocycles. The molecule has 0 fully saturated rings. The van der Waals surface area contributed by atoms with E-state index in [4.69, 9.17) is 4.74 Å². The maximum absolute atomic E-state index is 6.53. The van der Waals surface area contributed by atoms with Gasteiger partial charge < -0.3 is 9.30 Å². The Bertz CT molecular complexity index is 2060. The van der Waals surface area contributed by atoms with Crippen molar-refractivity contribution in [1.82, 2.24) is 4.57 Å². The van der Waals surface area contributed by atoms with Gasteiger partial charge >= 0.3 is 0 Å². The highest BCUT2D eigenvalue weighted by Crippen LogP contribution is 2.54. The van der Waals surface area contributed by atoms with Crippen LogP contribution in [-0.2, 0) is 5.41 Å². The maximum Gasteiger partial charge on any atom is 0.132 e. The topological polar surface area (TPSA) is 14.2 Å². The minimum atomic E-state index is 0.00729. The summed E-state index contributed by atoms with van der Waals surface area (Å²) in [6, 6.07) is 29.2. The molecule has 0 radical (unpaired) electrons. The van der Waals surface area contributed by atoms with Gasteiger partial charge in [-0.3, -0.25) is 0 Å². The van der Waals surface area contributed by atoms with Crippen molar-refractivity contribution in [3.8, 4) is 22.6 Å². The lowest BCUT2D eigenvalue weighted by atomic mass is 9.77. The standard InChI is InChI=1S/C39H31NO/c1-39(2)32-18-6-3-13-27(32)29-21-22-34-36(37(29)39)31-15-4-7-19-33(31)40(34)25-12-9-11-24(23-25)26-16-10-17-30-28-14-5-8-20-35(28)41-38(26)30/h3-5,7-17,19-23,28,35H,6,18H2,1-2H3. The second kappa shape index (κ2) is 8.24. The highest BCUT2D eigenvalue weighted by Gasteiger charge is 2.40. The van der Waals surface area contributed by atoms with Gasteiger partial charge in [-0.25, -0.2) is 0 Å². The molecule has 0 bridgehead atoms. The minimum absolute atomic E-state index is 0.00729. The average Bonchev–Trinajstić information content (AvgIpc) is 3.63. The summed E-state index contributed by atoms with van der Waals surface area (Å²) in [5.74, 6) is 1.30. The van der Waals surface area contributed by atoms with Gasteiger partial charge in [0.15, 0.2) is 0 Å². The Hall–Kier alpha value is -4.56. The molecule has 3 aliphatic carbocycles. The van der Waals surface area contributed by atoms with Crippen molar-refractivity contribution in [2.45, 2.75) is 44.1 Å². The summed E-state index contributed by atoms with van der Waals surface area (Å²) < 4.78 is 9.00. The number of ether oxygens (including phenoxy) is 1. The Morgan fingerprint density at radius 3 is 2.66 bits per heavy atom. The molecule has 5 aromatic rings. The Morgan fingerprint density at radius 2 is 1.71 bits per heavy atom. The fourth-order valence-electron chi connectivity index (χ4n) is 8.03. The third-order valence-corrected chi connectivity index (χ3v) is 9.84. The summed E-state index contributed by atoms with van der Waals surface area (Å²) >= 11 is 0. The number of aromatic nitrogens is 1. The van der Waals surface area contributed by atoms with Crippen LogP contribution in [0.15, 0.2) is 121 Å². The summed E-state index contributed by atoms with van der Waals surface area (Å²) in [5, 5.41) is 2.72. The zero-order valence-electron chi connectivity index (χ0n) is 23.4. The lowest BCUT2D eigenvalue weighted by molar-refractivity contribution is 0.270. The molecule has 4 aliphatic rings. The molecule has 2 atom stereocenters. The molecule has 0 saturated heterocycles. The SMILES string of the molecule is CC1(C)C2=C(C=CCC2)c2ccc3c(c21)c1ccccc1n3-c1cccc(-c2cccc3c2OC2C=CC=CC32)c1. The molecule has 41 heavy (non-hydrogen) atoms. The summed E-state index contributed by atoms with van der Waals surface area (Å²) in [7, 11) is 0. The van der Waals surface area contributed by atoms with Crippen LogP contribution in [0.25, 0.3) is 44.2 Å². The number of benzene rings is 4. The van der Waals surface area contributed by atoms with E-state index in [2.05, 4.69) is 134 Å². The van der Waals surface area contributed by atoms with Gasteiger partial charge in [0.05, 0.1) is 11.0 Å². The fraction of sp³-hybridized carbons (Fsp3) is 0.179. The Morgan fingerprint density at radius 1 is 0.829 bits per heavy atom. The Kier molecular flexibility index (Phi) is 4.66. The summed E-state index contributed by atoms with van der Waals surface area (Å²) in [6.07, 6.45) is 15.7. The first-order valence-electron chi connectivity index (χ1n) is 14.8. The van der Waals surface area contributed by atoms with Crippen LogP contribution in [0, 0.1) is 0 Å². The van der Waals surface area contributed by atoms with Crippen molar-refractivity contribution in [2.24, 2.45) is 0 Å². The largest absolute Gasteiger partial charge is 0.484 e. The van der Waals surface area contributed by atoms with E-state index in [9.17, 15) is 0 Å². The van der Waals surface area contributed by atoms with Crippen molar-refractivity contribution < 1.29 is 4.74 Å². The molecule has 0 saturated carbocycles. The molecule has 0 N–H and O–H groups in total. The van der Waals surface area contributed by atoms with E-state index in [1.165, 1.54) is 55.3 Å². The van der Waals surface area contributed by atoms with E-state index in [1.54, 1.807) is 5.57 Å². The van der Waals surface area contributed by atoms with Gasteiger partial charge in [0, 0.05) is 38.9 Å². The molecular formula is C39H31NO. The van der Waals surface area contributed by atoms with Crippen LogP contribution >= 0.6 is 0 Å². The quantitative estimate of drug-likeness (QED) is 0.222. The molecule has 1 aliphatic heterocycles. The molecule has 9 rings (SSSR count). The molecule has 0 amide bonds. The number of allylic oxidation sites excluding steroid dienone is 6. The van der Waals surface area contributed by atoms with E-state index in [-0.39, 0.29) is 17.4 Å². The van der Waals surface area contributed by atoms with E-state index in [0.717, 1.165) is 24.2 Å². The first-order chi connectivity index (χ1) is 20.1. The van der Waals surface area contributed by atoms with Crippen molar-refractivity contribution in [2.75, 3.05) is 0 Å². The number of hydrogen-bond acceptors (Lipinski definition) is 1. The minimum Gasteiger partial charge on any atom is -0.484 e. The fourth-order valence-corrected chi connectivity index (χ4v) is 8.03. The van der Waals surface area contributed by atoms with Crippen LogP contribution in [0.4, 0.5) is 0 Å². The third-order valence-electron chi connectivity index (χ3n) is 9.84. The second-order valence-corrected chi connectivity index (χ2v) is 12.3. The van der Waals surface area contributed by atoms with Crippen LogP contribution < -0.4 is 4.74 Å². The van der Waals surface area contributed by atoms with Crippen LogP contribution in [0.2, 0.25) is 0 Å². The van der Waals surface area contributed by atoms with Gasteiger partial charge in [-0.1, -0.05) is 104 Å². The first-order valence-corrected chi connectivity index (χ1v) is 14.8. The van der Waals surface area contributed by atoms with Crippen LogP contribution in [0.5, 0.6) is 5.75 Å². The average molecular weight is 530 g/mol. The van der Waals surface area contributed by atoms with E-state index >= 15 is 0 Å². The zero-order chi connectivity index (χ0) is 27.3. The second-order valence-electron chi connectivity index (χ2n) is 12.3. The van der Waals surface area contributed by atoms with Gasteiger partial charge in [-0.15, -0.1) is 0 Å². The Labute approximate surface area is 240 Å². The van der Waals surface area contributed by atoms with Gasteiger partial charge in [-0.2, -0.15) is 0 Å². The van der Waals surface area contributed by atoms with Crippen LogP contribution in [0.3, 0.4) is 0 Å². The molecule has 2 heteroatoms. The third kappa shape index (κ3) is 3.08. The molecule has 2 heterocycles. The molecule has 4 aromatic carbocycles. The van der Waals surface area contributed by atoms with E-state index in [1.807, 2.05) is 0 Å². The van der Waals surface area contributed by atoms with Crippen LogP contribution in [-0.4, -0.2) is 10.7 Å². The van der Waals surface area contributed by atoms with Gasteiger partial charge in [0.25, 0.3) is 0 Å². The highest BCUT2D eigenvalue weighted by molar-refractivity contribution is 6.14. The molecule has 2 unspecified atom stereocenters. The molecule has 198 valence electrons. The summed E-state index contributed by atoms with van der Waals surface area (Å²) in [4.78, 5) is 0. The zero-order valence-corrected chi connectivity index (χ0v) is 23.4. The van der Waals surface area contributed by atoms with E-state index in [0.29, 0.717) is 0 Å². The predicted molar refractivity (Wildman–Crippen MR) is 170 cm³/mol. The highest BCUT2D eigenvalue weighted by atomic mass is 16.5. The van der Waals surface area contributed by atoms with Gasteiger partial charge in [0.2, 0.25) is 0 Å². The number of hydrogen-bond donors (Lipinski definition) is 0. The van der Waals surface area contributed by atoms with Crippen molar-refractivity contribution in [1.29, 1.82) is 0 Å². The van der Waals surface area contributed by atoms with Crippen LogP contribution in [0.1, 0.15) is 49.3 Å². The predicted octanol–water partition coefficient (Wildman–Crippen LogP) is 9.82. The lowest BCUT2D eigenvalue weighted by Gasteiger charge is -2.26. The van der Waals surface area contributed by atoms with Crippen molar-refractivity contribution in [3.63, 3.8) is 0 Å². The smallest absolute Gasteiger partial charge is 0.132 e. The molecular weight excluding hydrogens is 498 g/mol. The van der Waals surface area contributed by atoms with Crippen molar-refractivity contribution in [3.05, 3.63) is 138 Å². The maximum atomic E-state index is 6.53. The lowest BCUT2D eigenvalue weighted by Crippen LogP contribution is -2.18. The van der Waals surface area contributed by atoms with Gasteiger partial charge in [-0.05, 0) is 65.4 Å². The Balaban J connectivity index is 1.26. The number of nitrogens with zero attached hydrogens (tertiary/aromatic N) is 1. The number of para-hydroxylation sites is 2. The summed E-state index contributed by atoms with van der Waals surface area (Å²) in [6.45, 7) is 4.86. The molecule has 0 spiro atoms. The van der Waals surface area contributed by atoms with Gasteiger partial charge in [0.1, 0.15) is 11.9 Å². The van der Waals surface area contributed by atoms with E-state index < -0.39 is 0 Å². The molecule has 2 nitrogen and oxygen atoms in total.